The number of Topliss-reactive ketones (excluding diaryl/α,β-unsaturated/α-hetero) is 1. The maximum Gasteiger partial charge on any atom is 0.315 e. The van der Waals surface area contributed by atoms with Crippen molar-refractivity contribution in [1.82, 2.24) is 0 Å². The van der Waals surface area contributed by atoms with Gasteiger partial charge in [-0.2, -0.15) is 0 Å². The summed E-state index contributed by atoms with van der Waals surface area (Å²) in [6.07, 6.45) is 4.48. The Morgan fingerprint density at radius 2 is 1.56 bits per heavy atom. The molecule has 3 unspecified atom stereocenters. The number of esters is 1. The second-order valence-electron chi connectivity index (χ2n) is 10.5. The van der Waals surface area contributed by atoms with Gasteiger partial charge in [0.15, 0.2) is 28.8 Å². The molecule has 39 heavy (non-hydrogen) atoms. The van der Waals surface area contributed by atoms with Gasteiger partial charge in [-0.15, -0.1) is 0 Å². The molecule has 0 radical (unpaired) electrons. The van der Waals surface area contributed by atoms with Crippen LogP contribution >= 0.6 is 0 Å². The van der Waals surface area contributed by atoms with Crippen LogP contribution in [0, 0.1) is 5.92 Å². The van der Waals surface area contributed by atoms with Crippen LogP contribution in [-0.4, -0.2) is 50.0 Å². The van der Waals surface area contributed by atoms with Crippen molar-refractivity contribution in [2.45, 2.75) is 63.4 Å². The van der Waals surface area contributed by atoms with Crippen LogP contribution in [0.5, 0.6) is 23.0 Å². The number of phenols is 1. The number of allylic oxidation sites excluding steroid dienone is 2. The monoisotopic (exact) mass is 533 g/mol. The van der Waals surface area contributed by atoms with Crippen molar-refractivity contribution >= 4 is 17.5 Å². The van der Waals surface area contributed by atoms with E-state index in [-0.39, 0.29) is 35.9 Å². The molecule has 3 atom stereocenters. The molecule has 0 saturated heterocycles. The zero-order valence-electron chi connectivity index (χ0n) is 22.9. The average Bonchev–Trinajstić information content (AvgIpc) is 3.44. The Labute approximate surface area is 228 Å². The molecule has 2 aromatic carbocycles. The number of carbonyl (C=O) groups is 2. The molecule has 0 aromatic heterocycles. The van der Waals surface area contributed by atoms with E-state index in [0.29, 0.717) is 46.2 Å². The van der Waals surface area contributed by atoms with Crippen LogP contribution in [0.4, 0.5) is 0 Å². The third-order valence-electron chi connectivity index (χ3n) is 8.17. The Morgan fingerprint density at radius 3 is 2.23 bits per heavy atom. The lowest BCUT2D eigenvalue weighted by molar-refractivity contribution is -0.151. The molecule has 1 saturated carbocycles. The molecular formula is C31H35NO7. The smallest absolute Gasteiger partial charge is 0.315 e. The van der Waals surface area contributed by atoms with Crippen molar-refractivity contribution in [3.8, 4) is 23.0 Å². The number of aliphatic imine (C=N–C) groups is 1. The SMILES string of the molecule is COc1ccc(C2C3=C(CC(c4ccc(OC)c(OC)c4)CC3=O)N=C(C)C2C(=O)OC2CCCC2)cc1O. The van der Waals surface area contributed by atoms with Gasteiger partial charge in [0.1, 0.15) is 12.0 Å². The van der Waals surface area contributed by atoms with Crippen LogP contribution in [0.2, 0.25) is 0 Å². The molecule has 0 spiro atoms. The van der Waals surface area contributed by atoms with Gasteiger partial charge in [-0.25, -0.2) is 0 Å². The molecule has 0 bridgehead atoms. The molecular weight excluding hydrogens is 498 g/mol. The molecule has 1 N–H and O–H groups in total. The zero-order valence-corrected chi connectivity index (χ0v) is 22.9. The van der Waals surface area contributed by atoms with Crippen LogP contribution in [0.3, 0.4) is 0 Å². The molecule has 1 fully saturated rings. The quantitative estimate of drug-likeness (QED) is 0.470. The van der Waals surface area contributed by atoms with Gasteiger partial charge in [0, 0.05) is 29.3 Å². The average molecular weight is 534 g/mol. The number of nitrogens with zero attached hydrogens (tertiary/aromatic N) is 1. The molecule has 5 rings (SSSR count). The fourth-order valence-corrected chi connectivity index (χ4v) is 6.21. The predicted octanol–water partition coefficient (Wildman–Crippen LogP) is 5.48. The summed E-state index contributed by atoms with van der Waals surface area (Å²) in [5.41, 5.74) is 3.42. The van der Waals surface area contributed by atoms with Gasteiger partial charge in [-0.3, -0.25) is 14.6 Å². The number of hydrogen-bond donors (Lipinski definition) is 1. The maximum atomic E-state index is 13.9. The minimum absolute atomic E-state index is 0.0494. The van der Waals surface area contributed by atoms with Crippen molar-refractivity contribution in [3.63, 3.8) is 0 Å². The van der Waals surface area contributed by atoms with E-state index in [1.54, 1.807) is 32.4 Å². The number of methoxy groups -OCH3 is 3. The molecule has 3 aliphatic rings. The lowest BCUT2D eigenvalue weighted by Gasteiger charge is -2.37. The van der Waals surface area contributed by atoms with E-state index in [0.717, 1.165) is 31.2 Å². The van der Waals surface area contributed by atoms with Gasteiger partial charge in [0.05, 0.1) is 21.3 Å². The fraction of sp³-hybridized carbons (Fsp3) is 0.452. The second kappa shape index (κ2) is 11.1. The normalized spacial score (nSPS) is 23.2. The number of ether oxygens (including phenoxy) is 4. The van der Waals surface area contributed by atoms with Crippen molar-refractivity contribution in [1.29, 1.82) is 0 Å². The molecule has 2 aromatic rings. The molecule has 8 nitrogen and oxygen atoms in total. The summed E-state index contributed by atoms with van der Waals surface area (Å²) in [5, 5.41) is 10.6. The standard InChI is InChI=1S/C31H35NO7/c1-17-28(31(35)39-21-7-5-6-8-21)29(19-10-11-25(36-2)23(33)14-19)30-22(32-17)13-20(15-24(30)34)18-9-12-26(37-3)27(16-18)38-4/h9-12,14,16,20-21,28-29,33H,5-8,13,15H2,1-4H3. The maximum absolute atomic E-state index is 13.9. The Kier molecular flexibility index (Phi) is 7.64. The van der Waals surface area contributed by atoms with Crippen LogP contribution in [0.15, 0.2) is 52.7 Å². The first-order chi connectivity index (χ1) is 18.8. The first-order valence-corrected chi connectivity index (χ1v) is 13.4. The van der Waals surface area contributed by atoms with E-state index in [1.165, 1.54) is 7.11 Å². The van der Waals surface area contributed by atoms with E-state index >= 15 is 0 Å². The highest BCUT2D eigenvalue weighted by molar-refractivity contribution is 6.09. The number of phenolic OH excluding ortho intramolecular Hbond substituents is 1. The Hall–Kier alpha value is -3.81. The zero-order chi connectivity index (χ0) is 27.7. The number of carbonyl (C=O) groups excluding carboxylic acids is 2. The number of hydrogen-bond acceptors (Lipinski definition) is 8. The van der Waals surface area contributed by atoms with Gasteiger partial charge in [0.25, 0.3) is 0 Å². The van der Waals surface area contributed by atoms with Crippen molar-refractivity contribution in [2.24, 2.45) is 10.9 Å². The molecule has 1 heterocycles. The first kappa shape index (κ1) is 26.8. The van der Waals surface area contributed by atoms with Gasteiger partial charge in [0.2, 0.25) is 0 Å². The van der Waals surface area contributed by atoms with Gasteiger partial charge in [-0.05, 0) is 80.3 Å². The summed E-state index contributed by atoms with van der Waals surface area (Å²) >= 11 is 0. The van der Waals surface area contributed by atoms with E-state index in [2.05, 4.69) is 0 Å². The summed E-state index contributed by atoms with van der Waals surface area (Å²) in [6, 6.07) is 10.7. The van der Waals surface area contributed by atoms with Crippen molar-refractivity contribution < 1.29 is 33.6 Å². The first-order valence-electron chi connectivity index (χ1n) is 13.4. The van der Waals surface area contributed by atoms with Crippen LogP contribution in [-0.2, 0) is 14.3 Å². The summed E-state index contributed by atoms with van der Waals surface area (Å²) in [4.78, 5) is 32.3. The van der Waals surface area contributed by atoms with Gasteiger partial charge >= 0.3 is 5.97 Å². The third kappa shape index (κ3) is 5.12. The van der Waals surface area contributed by atoms with Gasteiger partial charge in [-0.1, -0.05) is 12.1 Å². The van der Waals surface area contributed by atoms with Crippen LogP contribution < -0.4 is 14.2 Å². The topological polar surface area (TPSA) is 104 Å². The summed E-state index contributed by atoms with van der Waals surface area (Å²) < 4.78 is 22.0. The Bertz CT molecular complexity index is 1340. The van der Waals surface area contributed by atoms with Crippen LogP contribution in [0.1, 0.15) is 68.4 Å². The molecule has 8 heteroatoms. The van der Waals surface area contributed by atoms with Crippen molar-refractivity contribution in [2.75, 3.05) is 21.3 Å². The van der Waals surface area contributed by atoms with E-state index in [9.17, 15) is 14.7 Å². The highest BCUT2D eigenvalue weighted by atomic mass is 16.5. The van der Waals surface area contributed by atoms with E-state index in [4.69, 9.17) is 23.9 Å². The molecule has 206 valence electrons. The van der Waals surface area contributed by atoms with Crippen molar-refractivity contribution in [3.05, 3.63) is 58.8 Å². The fourth-order valence-electron chi connectivity index (χ4n) is 6.21. The number of aromatic hydroxyl groups is 1. The minimum atomic E-state index is -0.751. The third-order valence-corrected chi connectivity index (χ3v) is 8.17. The largest absolute Gasteiger partial charge is 0.504 e. The molecule has 2 aliphatic carbocycles. The lowest BCUT2D eigenvalue weighted by Crippen LogP contribution is -2.39. The van der Waals surface area contributed by atoms with Crippen LogP contribution in [0.25, 0.3) is 0 Å². The molecule has 0 amide bonds. The second-order valence-corrected chi connectivity index (χ2v) is 10.5. The highest BCUT2D eigenvalue weighted by Gasteiger charge is 2.45. The number of rotatable bonds is 7. The number of benzene rings is 2. The molecule has 1 aliphatic heterocycles. The summed E-state index contributed by atoms with van der Waals surface area (Å²) in [7, 11) is 4.65. The number of ketones is 1. The Morgan fingerprint density at radius 1 is 0.897 bits per heavy atom. The van der Waals surface area contributed by atoms with E-state index < -0.39 is 11.8 Å². The Balaban J connectivity index is 1.55. The predicted molar refractivity (Wildman–Crippen MR) is 146 cm³/mol. The minimum Gasteiger partial charge on any atom is -0.504 e. The highest BCUT2D eigenvalue weighted by Crippen LogP contribution is 2.48. The summed E-state index contributed by atoms with van der Waals surface area (Å²) in [5.74, 6) is -0.393. The summed E-state index contributed by atoms with van der Waals surface area (Å²) in [6.45, 7) is 1.82. The van der Waals surface area contributed by atoms with Gasteiger partial charge < -0.3 is 24.1 Å². The van der Waals surface area contributed by atoms with E-state index in [1.807, 2.05) is 25.1 Å². The lowest BCUT2D eigenvalue weighted by atomic mass is 9.69.